The molecule has 4 aliphatic rings. The number of aliphatic hydroxyl groups excluding tert-OH is 2. The number of carbonyl (C=O) groups excluding carboxylic acids is 1. The summed E-state index contributed by atoms with van der Waals surface area (Å²) in [4.78, 5) is 24.9. The third-order valence-corrected chi connectivity index (χ3v) is 11.2. The van der Waals surface area contributed by atoms with Crippen molar-refractivity contribution in [3.63, 3.8) is 0 Å². The molecule has 1 saturated heterocycles. The van der Waals surface area contributed by atoms with E-state index >= 15 is 0 Å². The predicted octanol–water partition coefficient (Wildman–Crippen LogP) is 4.35. The van der Waals surface area contributed by atoms with Crippen LogP contribution in [0, 0.1) is 29.1 Å². The van der Waals surface area contributed by atoms with Crippen LogP contribution >= 0.6 is 0 Å². The van der Waals surface area contributed by atoms with E-state index < -0.39 is 24.2 Å². The van der Waals surface area contributed by atoms with E-state index in [-0.39, 0.29) is 18.6 Å². The third kappa shape index (κ3) is 7.57. The van der Waals surface area contributed by atoms with Crippen molar-refractivity contribution < 1.29 is 19.8 Å². The number of fused-ring (bicyclic) bond motifs is 2. The van der Waals surface area contributed by atoms with Gasteiger partial charge in [0.05, 0.1) is 19.3 Å². The number of nitrogens with zero attached hydrogens (tertiary/aromatic N) is 3. The zero-order chi connectivity index (χ0) is 32.3. The van der Waals surface area contributed by atoms with Gasteiger partial charge in [0, 0.05) is 37.3 Å². The van der Waals surface area contributed by atoms with Crippen molar-refractivity contribution in [1.82, 2.24) is 15.3 Å². The van der Waals surface area contributed by atoms with E-state index in [1.807, 2.05) is 0 Å². The van der Waals surface area contributed by atoms with Gasteiger partial charge < -0.3 is 25.3 Å². The molecule has 0 radical (unpaired) electrons. The van der Waals surface area contributed by atoms with Crippen LogP contribution < -0.4 is 10.2 Å². The van der Waals surface area contributed by atoms with Crippen LogP contribution in [0.5, 0.6) is 0 Å². The lowest BCUT2D eigenvalue weighted by Gasteiger charge is -2.62. The number of hydrogen-bond acceptors (Lipinski definition) is 7. The highest BCUT2D eigenvalue weighted by atomic mass is 16.7. The highest BCUT2D eigenvalue weighted by molar-refractivity contribution is 5.82. The Morgan fingerprint density at radius 2 is 1.80 bits per heavy atom. The first kappa shape index (κ1) is 33.9. The number of aliphatic hydroxyl groups is 2. The van der Waals surface area contributed by atoms with Gasteiger partial charge >= 0.3 is 0 Å². The molecule has 0 spiro atoms. The fourth-order valence-corrected chi connectivity index (χ4v) is 8.33. The van der Waals surface area contributed by atoms with Crippen molar-refractivity contribution >= 4 is 11.6 Å². The first-order valence-corrected chi connectivity index (χ1v) is 17.0. The molecule has 3 aliphatic carbocycles. The van der Waals surface area contributed by atoms with Gasteiger partial charge in [-0.05, 0) is 93.1 Å². The monoisotopic (exact) mass is 620 g/mol. The average Bonchev–Trinajstić information content (AvgIpc) is 3.38. The number of hydrogen-bond donors (Lipinski definition) is 3. The molecule has 3 saturated carbocycles. The Morgan fingerprint density at radius 1 is 1.07 bits per heavy atom. The Labute approximate surface area is 270 Å². The third-order valence-electron chi connectivity index (χ3n) is 11.2. The summed E-state index contributed by atoms with van der Waals surface area (Å²) in [5.41, 5.74) is 3.86. The van der Waals surface area contributed by atoms with Crippen LogP contribution in [0.1, 0.15) is 58.1 Å². The SMILES string of the molecule is CC1[C@@H](NC(=O)[C@@H]2[C@H]([C@H](C)O)[C@H](CO)ON2Cc2cccc(N(CCCc3ccccc3)CCN(C)C)c2)CC2C[C@@H]1C2(C)C. The lowest BCUT2D eigenvalue weighted by molar-refractivity contribution is -0.183. The molecule has 45 heavy (non-hydrogen) atoms. The van der Waals surface area contributed by atoms with E-state index in [0.717, 1.165) is 50.1 Å². The molecule has 248 valence electrons. The molecule has 1 amide bonds. The molecule has 0 aromatic heterocycles. The van der Waals surface area contributed by atoms with E-state index in [0.29, 0.717) is 29.7 Å². The number of amides is 1. The fraction of sp³-hybridized carbons (Fsp3) is 0.649. The normalized spacial score (nSPS) is 29.8. The van der Waals surface area contributed by atoms with Crippen molar-refractivity contribution in [2.75, 3.05) is 45.2 Å². The minimum atomic E-state index is -0.809. The smallest absolute Gasteiger partial charge is 0.240 e. The Hall–Kier alpha value is -2.49. The molecule has 8 heteroatoms. The van der Waals surface area contributed by atoms with Crippen molar-refractivity contribution in [2.24, 2.45) is 29.1 Å². The molecule has 2 unspecified atom stereocenters. The number of rotatable bonds is 14. The lowest BCUT2D eigenvalue weighted by Crippen LogP contribution is -2.62. The second-order valence-corrected chi connectivity index (χ2v) is 14.8. The zero-order valence-corrected chi connectivity index (χ0v) is 28.2. The number of nitrogens with one attached hydrogen (secondary N) is 1. The minimum Gasteiger partial charge on any atom is -0.394 e. The van der Waals surface area contributed by atoms with Gasteiger partial charge in [0.1, 0.15) is 12.1 Å². The van der Waals surface area contributed by atoms with Crippen LogP contribution in [0.2, 0.25) is 0 Å². The number of anilines is 1. The second-order valence-electron chi connectivity index (χ2n) is 14.8. The van der Waals surface area contributed by atoms with Gasteiger partial charge in [-0.25, -0.2) is 0 Å². The molecule has 1 aliphatic heterocycles. The summed E-state index contributed by atoms with van der Waals surface area (Å²) in [5.74, 6) is 0.995. The lowest BCUT2D eigenvalue weighted by atomic mass is 9.45. The quantitative estimate of drug-likeness (QED) is 0.290. The second kappa shape index (κ2) is 14.5. The average molecular weight is 621 g/mol. The molecule has 6 rings (SSSR count). The number of carbonyl (C=O) groups is 1. The van der Waals surface area contributed by atoms with Gasteiger partial charge in [-0.15, -0.1) is 0 Å². The molecule has 2 aromatic carbocycles. The van der Waals surface area contributed by atoms with Crippen LogP contribution in [-0.4, -0.2) is 90.7 Å². The Kier molecular flexibility index (Phi) is 10.9. The van der Waals surface area contributed by atoms with Gasteiger partial charge in [0.15, 0.2) is 0 Å². The number of benzene rings is 2. The number of aryl methyl sites for hydroxylation is 1. The van der Waals surface area contributed by atoms with Crippen LogP contribution in [0.25, 0.3) is 0 Å². The molecule has 8 nitrogen and oxygen atoms in total. The largest absolute Gasteiger partial charge is 0.394 e. The summed E-state index contributed by atoms with van der Waals surface area (Å²) in [6.45, 7) is 11.6. The molecule has 2 aromatic rings. The summed E-state index contributed by atoms with van der Waals surface area (Å²) in [5, 5.41) is 26.1. The molecule has 8 atom stereocenters. The Morgan fingerprint density at radius 3 is 2.44 bits per heavy atom. The standard InChI is InChI=1S/C37H56N4O4/c1-25-31-21-29(37(31,3)4)22-32(25)38-36(44)35-34(26(2)43)33(24-42)45-41(35)23-28-14-10-16-30(20-28)40(19-18-39(5)6)17-11-15-27-12-8-7-9-13-27/h7-10,12-14,16,20,25-26,29,31-35,42-43H,11,15,17-19,21-24H2,1-6H3,(H,38,44)/t25?,26-,29?,31-,32-,33-,34+,35-/m0/s1. The van der Waals surface area contributed by atoms with Crippen molar-refractivity contribution in [3.8, 4) is 0 Å². The predicted molar refractivity (Wildman–Crippen MR) is 180 cm³/mol. The van der Waals surface area contributed by atoms with Crippen molar-refractivity contribution in [1.29, 1.82) is 0 Å². The van der Waals surface area contributed by atoms with Crippen LogP contribution in [0.15, 0.2) is 54.6 Å². The van der Waals surface area contributed by atoms with Crippen molar-refractivity contribution in [3.05, 3.63) is 65.7 Å². The van der Waals surface area contributed by atoms with Crippen LogP contribution in [0.3, 0.4) is 0 Å². The number of likely N-dealkylation sites (N-methyl/N-ethyl adjacent to an activating group) is 1. The number of hydroxylamine groups is 2. The molecular weight excluding hydrogens is 564 g/mol. The molecule has 4 fully saturated rings. The first-order chi connectivity index (χ1) is 21.5. The van der Waals surface area contributed by atoms with Crippen molar-refractivity contribution in [2.45, 2.75) is 84.2 Å². The Balaban J connectivity index is 1.31. The van der Waals surface area contributed by atoms with Crippen LogP contribution in [0.4, 0.5) is 5.69 Å². The topological polar surface area (TPSA) is 88.5 Å². The van der Waals surface area contributed by atoms with Gasteiger partial charge in [-0.2, -0.15) is 5.06 Å². The highest BCUT2D eigenvalue weighted by Crippen LogP contribution is 2.61. The Bertz CT molecular complexity index is 1250. The van der Waals surface area contributed by atoms with Crippen LogP contribution in [-0.2, 0) is 22.6 Å². The molecule has 1 heterocycles. The van der Waals surface area contributed by atoms with E-state index in [4.69, 9.17) is 4.84 Å². The van der Waals surface area contributed by atoms with E-state index in [2.05, 4.69) is 105 Å². The molecule has 3 N–H and O–H groups in total. The molecular formula is C37H56N4O4. The summed E-state index contributed by atoms with van der Waals surface area (Å²) >= 11 is 0. The van der Waals surface area contributed by atoms with Gasteiger partial charge in [-0.3, -0.25) is 9.63 Å². The molecule has 2 bridgehead atoms. The summed E-state index contributed by atoms with van der Waals surface area (Å²) in [7, 11) is 4.20. The maximum absolute atomic E-state index is 14.0. The minimum absolute atomic E-state index is 0.113. The summed E-state index contributed by atoms with van der Waals surface area (Å²) in [6, 6.07) is 18.5. The van der Waals surface area contributed by atoms with E-state index in [9.17, 15) is 15.0 Å². The maximum Gasteiger partial charge on any atom is 0.240 e. The maximum atomic E-state index is 14.0. The summed E-state index contributed by atoms with van der Waals surface area (Å²) in [6.07, 6.45) is 2.86. The fourth-order valence-electron chi connectivity index (χ4n) is 8.33. The van der Waals surface area contributed by atoms with E-state index in [1.54, 1.807) is 12.0 Å². The zero-order valence-electron chi connectivity index (χ0n) is 28.2. The van der Waals surface area contributed by atoms with E-state index in [1.165, 1.54) is 12.0 Å². The van der Waals surface area contributed by atoms with Gasteiger partial charge in [-0.1, -0.05) is 63.2 Å². The van der Waals surface area contributed by atoms with Gasteiger partial charge in [0.2, 0.25) is 5.91 Å². The first-order valence-electron chi connectivity index (χ1n) is 17.0. The summed E-state index contributed by atoms with van der Waals surface area (Å²) < 4.78 is 0. The van der Waals surface area contributed by atoms with Gasteiger partial charge in [0.25, 0.3) is 0 Å². The highest BCUT2D eigenvalue weighted by Gasteiger charge is 2.57.